The summed E-state index contributed by atoms with van der Waals surface area (Å²) in [5.41, 5.74) is 1.29. The van der Waals surface area contributed by atoms with Gasteiger partial charge in [-0.25, -0.2) is 4.39 Å². The van der Waals surface area contributed by atoms with Crippen molar-refractivity contribution in [3.63, 3.8) is 0 Å². The molecule has 0 radical (unpaired) electrons. The zero-order chi connectivity index (χ0) is 19.0. The summed E-state index contributed by atoms with van der Waals surface area (Å²) in [5.74, 6) is 0.419. The summed E-state index contributed by atoms with van der Waals surface area (Å²) in [5, 5.41) is 25.5. The van der Waals surface area contributed by atoms with E-state index in [1.807, 2.05) is 0 Å². The zero-order valence-corrected chi connectivity index (χ0v) is 14.0. The minimum atomic E-state index is -0.490. The fourth-order valence-corrected chi connectivity index (χ4v) is 2.96. The number of hydrogen-bond acceptors (Lipinski definition) is 5. The van der Waals surface area contributed by atoms with E-state index in [4.69, 9.17) is 4.42 Å². The molecule has 0 saturated heterocycles. The highest BCUT2D eigenvalue weighted by molar-refractivity contribution is 5.93. The lowest BCUT2D eigenvalue weighted by atomic mass is 10.1. The molecule has 2 heterocycles. The summed E-state index contributed by atoms with van der Waals surface area (Å²) in [6.07, 6.45) is 0. The van der Waals surface area contributed by atoms with Crippen LogP contribution in [0.1, 0.15) is 11.3 Å². The third-order valence-electron chi connectivity index (χ3n) is 4.27. The van der Waals surface area contributed by atoms with Crippen molar-refractivity contribution in [2.24, 2.45) is 0 Å². The van der Waals surface area contributed by atoms with Gasteiger partial charge in [0.15, 0.2) is 5.76 Å². The molecule has 2 aromatic heterocycles. The van der Waals surface area contributed by atoms with Gasteiger partial charge in [0, 0.05) is 23.1 Å². The summed E-state index contributed by atoms with van der Waals surface area (Å²) < 4.78 is 21.1. The van der Waals surface area contributed by atoms with Gasteiger partial charge in [0.05, 0.1) is 17.0 Å². The topological polar surface area (TPSA) is 94.3 Å². The molecule has 4 rings (SSSR count). The lowest BCUT2D eigenvalue weighted by Crippen LogP contribution is -2.04. The molecule has 0 atom stereocenters. The molecule has 136 valence electrons. The van der Waals surface area contributed by atoms with E-state index in [0.29, 0.717) is 33.7 Å². The Morgan fingerprint density at radius 3 is 2.70 bits per heavy atom. The van der Waals surface area contributed by atoms with Gasteiger partial charge in [0.1, 0.15) is 23.9 Å². The standard InChI is InChI=1S/C19H14FN3O4/c20-16-4-2-1-3-12(16)10-22-17-9-13(23(25)26)5-7-15(17)19(21-22)18-8-6-14(11-24)27-18/h1-9,24H,10-11H2. The van der Waals surface area contributed by atoms with Crippen LogP contribution in [-0.2, 0) is 13.2 Å². The Morgan fingerprint density at radius 1 is 1.19 bits per heavy atom. The predicted molar refractivity (Wildman–Crippen MR) is 95.5 cm³/mol. The van der Waals surface area contributed by atoms with Gasteiger partial charge in [0.25, 0.3) is 5.69 Å². The summed E-state index contributed by atoms with van der Waals surface area (Å²) in [6.45, 7) is -0.142. The smallest absolute Gasteiger partial charge is 0.271 e. The Labute approximate surface area is 152 Å². The zero-order valence-electron chi connectivity index (χ0n) is 14.0. The van der Waals surface area contributed by atoms with E-state index in [2.05, 4.69) is 5.10 Å². The highest BCUT2D eigenvalue weighted by atomic mass is 19.1. The normalized spacial score (nSPS) is 11.2. The number of nitro groups is 1. The molecule has 0 aliphatic heterocycles. The van der Waals surface area contributed by atoms with E-state index in [1.54, 1.807) is 36.4 Å². The summed E-state index contributed by atoms with van der Waals surface area (Å²) in [4.78, 5) is 10.7. The summed E-state index contributed by atoms with van der Waals surface area (Å²) >= 11 is 0. The van der Waals surface area contributed by atoms with Crippen LogP contribution >= 0.6 is 0 Å². The number of benzene rings is 2. The fourth-order valence-electron chi connectivity index (χ4n) is 2.96. The molecule has 0 aliphatic rings. The van der Waals surface area contributed by atoms with Gasteiger partial charge in [-0.15, -0.1) is 0 Å². The number of non-ortho nitro benzene ring substituents is 1. The van der Waals surface area contributed by atoms with Gasteiger partial charge in [-0.05, 0) is 24.3 Å². The predicted octanol–water partition coefficient (Wildman–Crippen LogP) is 3.88. The van der Waals surface area contributed by atoms with Crippen LogP contribution in [0.15, 0.2) is 59.0 Å². The molecular formula is C19H14FN3O4. The van der Waals surface area contributed by atoms with Crippen LogP contribution in [0.25, 0.3) is 22.4 Å². The summed E-state index contributed by atoms with van der Waals surface area (Å²) in [7, 11) is 0. The average Bonchev–Trinajstić information content (AvgIpc) is 3.28. The van der Waals surface area contributed by atoms with E-state index in [-0.39, 0.29) is 24.7 Å². The maximum absolute atomic E-state index is 14.1. The first-order chi connectivity index (χ1) is 13.1. The van der Waals surface area contributed by atoms with E-state index < -0.39 is 4.92 Å². The van der Waals surface area contributed by atoms with Crippen molar-refractivity contribution in [3.05, 3.63) is 81.9 Å². The van der Waals surface area contributed by atoms with Gasteiger partial charge in [-0.1, -0.05) is 18.2 Å². The van der Waals surface area contributed by atoms with Crippen LogP contribution in [0.2, 0.25) is 0 Å². The van der Waals surface area contributed by atoms with Gasteiger partial charge in [0.2, 0.25) is 0 Å². The molecule has 0 saturated carbocycles. The number of aliphatic hydroxyl groups excluding tert-OH is 1. The minimum absolute atomic E-state index is 0.0841. The molecule has 0 aliphatic carbocycles. The van der Waals surface area contributed by atoms with Gasteiger partial charge in [-0.3, -0.25) is 14.8 Å². The maximum atomic E-state index is 14.1. The molecule has 0 spiro atoms. The molecule has 0 bridgehead atoms. The molecule has 8 heteroatoms. The number of aromatic nitrogens is 2. The molecule has 0 fully saturated rings. The molecule has 2 aromatic carbocycles. The molecule has 27 heavy (non-hydrogen) atoms. The second-order valence-corrected chi connectivity index (χ2v) is 5.98. The van der Waals surface area contributed by atoms with E-state index >= 15 is 0 Å². The number of halogens is 1. The number of furan rings is 1. The third-order valence-corrected chi connectivity index (χ3v) is 4.27. The number of rotatable bonds is 5. The Hall–Kier alpha value is -3.52. The van der Waals surface area contributed by atoms with Gasteiger partial charge in [-0.2, -0.15) is 5.10 Å². The van der Waals surface area contributed by atoms with Crippen molar-refractivity contribution in [1.82, 2.24) is 9.78 Å². The maximum Gasteiger partial charge on any atom is 0.271 e. The number of nitrogens with zero attached hydrogens (tertiary/aromatic N) is 3. The van der Waals surface area contributed by atoms with Crippen molar-refractivity contribution >= 4 is 16.6 Å². The molecule has 4 aromatic rings. The highest BCUT2D eigenvalue weighted by Crippen LogP contribution is 2.32. The minimum Gasteiger partial charge on any atom is -0.457 e. The first-order valence-corrected chi connectivity index (χ1v) is 8.15. The van der Waals surface area contributed by atoms with Crippen LogP contribution in [0.4, 0.5) is 10.1 Å². The first-order valence-electron chi connectivity index (χ1n) is 8.15. The van der Waals surface area contributed by atoms with Crippen molar-refractivity contribution in [2.45, 2.75) is 13.2 Å². The van der Waals surface area contributed by atoms with Crippen LogP contribution in [0.3, 0.4) is 0 Å². The molecule has 0 unspecified atom stereocenters. The van der Waals surface area contributed by atoms with Crippen molar-refractivity contribution in [2.75, 3.05) is 0 Å². The largest absolute Gasteiger partial charge is 0.457 e. The average molecular weight is 367 g/mol. The number of aliphatic hydroxyl groups is 1. The number of hydrogen-bond donors (Lipinski definition) is 1. The SMILES string of the molecule is O=[N+]([O-])c1ccc2c(-c3ccc(CO)o3)nn(Cc3ccccc3F)c2c1. The first kappa shape index (κ1) is 16.9. The van der Waals surface area contributed by atoms with Crippen LogP contribution in [0, 0.1) is 15.9 Å². The number of nitro benzene ring substituents is 1. The summed E-state index contributed by atoms with van der Waals surface area (Å²) in [6, 6.07) is 14.0. The Morgan fingerprint density at radius 2 is 2.00 bits per heavy atom. The Balaban J connectivity index is 1.89. The van der Waals surface area contributed by atoms with Gasteiger partial charge >= 0.3 is 0 Å². The molecule has 0 amide bonds. The van der Waals surface area contributed by atoms with Crippen molar-refractivity contribution in [3.8, 4) is 11.5 Å². The van der Waals surface area contributed by atoms with Crippen molar-refractivity contribution < 1.29 is 18.8 Å². The highest BCUT2D eigenvalue weighted by Gasteiger charge is 2.19. The molecule has 1 N–H and O–H groups in total. The Kier molecular flexibility index (Phi) is 4.17. The monoisotopic (exact) mass is 367 g/mol. The second kappa shape index (κ2) is 6.65. The van der Waals surface area contributed by atoms with E-state index in [0.717, 1.165) is 0 Å². The van der Waals surface area contributed by atoms with Gasteiger partial charge < -0.3 is 9.52 Å². The quantitative estimate of drug-likeness (QED) is 0.427. The van der Waals surface area contributed by atoms with Crippen LogP contribution < -0.4 is 0 Å². The van der Waals surface area contributed by atoms with Crippen molar-refractivity contribution in [1.29, 1.82) is 0 Å². The lowest BCUT2D eigenvalue weighted by molar-refractivity contribution is -0.384. The molecular weight excluding hydrogens is 353 g/mol. The van der Waals surface area contributed by atoms with Crippen LogP contribution in [-0.4, -0.2) is 19.8 Å². The Bertz CT molecular complexity index is 1150. The van der Waals surface area contributed by atoms with E-state index in [9.17, 15) is 19.6 Å². The van der Waals surface area contributed by atoms with E-state index in [1.165, 1.54) is 22.9 Å². The third kappa shape index (κ3) is 3.06. The van der Waals surface area contributed by atoms with Crippen LogP contribution in [0.5, 0.6) is 0 Å². The fraction of sp³-hybridized carbons (Fsp3) is 0.105. The number of fused-ring (bicyclic) bond motifs is 1. The lowest BCUT2D eigenvalue weighted by Gasteiger charge is -2.05. The molecule has 7 nitrogen and oxygen atoms in total. The second-order valence-electron chi connectivity index (χ2n) is 5.98.